The van der Waals surface area contributed by atoms with Crippen LogP contribution in [-0.2, 0) is 32.7 Å². The molecule has 8 atom stereocenters. The van der Waals surface area contributed by atoms with Crippen LogP contribution in [0.4, 0.5) is 0 Å². The van der Waals surface area contributed by atoms with Crippen molar-refractivity contribution in [3.63, 3.8) is 0 Å². The molecule has 314 valence electrons. The molecule has 53 heavy (non-hydrogen) atoms. The third kappa shape index (κ3) is 24.2. The van der Waals surface area contributed by atoms with Gasteiger partial charge in [-0.25, -0.2) is 4.57 Å². The molecule has 13 nitrogen and oxygen atoms in total. The lowest BCUT2D eigenvalue weighted by Gasteiger charge is -2.41. The third-order valence-corrected chi connectivity index (χ3v) is 10.9. The maximum Gasteiger partial charge on any atom is 0.472 e. The van der Waals surface area contributed by atoms with Gasteiger partial charge in [-0.1, -0.05) is 155 Å². The Hall–Kier alpha value is -1.15. The van der Waals surface area contributed by atoms with Crippen LogP contribution in [0.15, 0.2) is 0 Å². The van der Waals surface area contributed by atoms with Crippen molar-refractivity contribution in [2.45, 2.75) is 224 Å². The molecule has 0 aromatic carbocycles. The van der Waals surface area contributed by atoms with Gasteiger partial charge in [0.1, 0.15) is 43.2 Å². The van der Waals surface area contributed by atoms with E-state index in [9.17, 15) is 44.6 Å². The number of rotatable bonds is 34. The third-order valence-electron chi connectivity index (χ3n) is 9.95. The van der Waals surface area contributed by atoms with E-state index in [-0.39, 0.29) is 12.8 Å². The lowest BCUT2D eigenvalue weighted by molar-refractivity contribution is -0.220. The van der Waals surface area contributed by atoms with Crippen LogP contribution in [-0.4, -0.2) is 98.3 Å². The number of hydrogen-bond donors (Lipinski definition) is 6. The largest absolute Gasteiger partial charge is 0.472 e. The number of ether oxygens (including phenoxy) is 2. The molecule has 6 unspecified atom stereocenters. The summed E-state index contributed by atoms with van der Waals surface area (Å²) in [6.45, 7) is 3.27. The van der Waals surface area contributed by atoms with Gasteiger partial charge < -0.3 is 39.9 Å². The molecule has 0 spiro atoms. The normalized spacial score (nSPS) is 23.4. The molecule has 6 N–H and O–H groups in total. The summed E-state index contributed by atoms with van der Waals surface area (Å²) in [6.07, 6.45) is 14.6. The lowest BCUT2D eigenvalue weighted by Crippen LogP contribution is -2.64. The summed E-state index contributed by atoms with van der Waals surface area (Å²) in [7, 11) is -5.10. The number of phosphoric ester groups is 1. The van der Waals surface area contributed by atoms with Crippen LogP contribution >= 0.6 is 7.82 Å². The highest BCUT2D eigenvalue weighted by Gasteiger charge is 2.51. The molecule has 14 heteroatoms. The van der Waals surface area contributed by atoms with Gasteiger partial charge in [-0.2, -0.15) is 0 Å². The number of aliphatic hydroxyl groups is 5. The number of unbranched alkanes of at least 4 members (excludes halogenated alkanes) is 22. The van der Waals surface area contributed by atoms with Crippen molar-refractivity contribution >= 4 is 19.8 Å². The van der Waals surface area contributed by atoms with Gasteiger partial charge in [-0.3, -0.25) is 18.6 Å². The number of phosphoric acid groups is 1. The van der Waals surface area contributed by atoms with E-state index in [0.717, 1.165) is 38.5 Å². The molecule has 0 saturated heterocycles. The average Bonchev–Trinajstić information content (AvgIpc) is 3.13. The Morgan fingerprint density at radius 2 is 0.849 bits per heavy atom. The molecule has 0 aromatic heterocycles. The Balaban J connectivity index is 2.51. The molecule has 0 heterocycles. The first-order chi connectivity index (χ1) is 25.4. The van der Waals surface area contributed by atoms with Gasteiger partial charge >= 0.3 is 19.8 Å². The molecule has 0 radical (unpaired) electrons. The fraction of sp³-hybridized carbons (Fsp3) is 0.949. The number of carbonyl (C=O) groups is 2. The highest BCUT2D eigenvalue weighted by molar-refractivity contribution is 7.47. The molecule has 1 saturated carbocycles. The first-order valence-electron chi connectivity index (χ1n) is 20.8. The van der Waals surface area contributed by atoms with Crippen LogP contribution in [0.1, 0.15) is 181 Å². The summed E-state index contributed by atoms with van der Waals surface area (Å²) in [5.74, 6) is -1.09. The molecule has 0 aromatic rings. The summed E-state index contributed by atoms with van der Waals surface area (Å²) in [5, 5.41) is 50.0. The number of aliphatic hydroxyl groups excluding tert-OH is 5. The molecule has 0 aliphatic heterocycles. The Bertz CT molecular complexity index is 954. The van der Waals surface area contributed by atoms with E-state index in [1.807, 2.05) is 0 Å². The Labute approximate surface area is 319 Å². The summed E-state index contributed by atoms with van der Waals surface area (Å²) in [6, 6.07) is 0. The topological polar surface area (TPSA) is 210 Å². The molecule has 0 amide bonds. The lowest BCUT2D eigenvalue weighted by atomic mass is 9.85. The number of carbonyl (C=O) groups excluding carboxylic acids is 2. The van der Waals surface area contributed by atoms with Gasteiger partial charge in [0.15, 0.2) is 6.10 Å². The van der Waals surface area contributed by atoms with Crippen LogP contribution in [0.3, 0.4) is 0 Å². The first-order valence-corrected chi connectivity index (χ1v) is 22.3. The van der Waals surface area contributed by atoms with E-state index in [0.29, 0.717) is 12.8 Å². The van der Waals surface area contributed by atoms with Crippen LogP contribution in [0.2, 0.25) is 0 Å². The fourth-order valence-electron chi connectivity index (χ4n) is 6.52. The summed E-state index contributed by atoms with van der Waals surface area (Å²) < 4.78 is 33.4. The predicted octanol–water partition coefficient (Wildman–Crippen LogP) is 6.94. The van der Waals surface area contributed by atoms with Crippen LogP contribution in [0.5, 0.6) is 0 Å². The zero-order valence-corrected chi connectivity index (χ0v) is 33.7. The van der Waals surface area contributed by atoms with E-state index in [2.05, 4.69) is 13.8 Å². The predicted molar refractivity (Wildman–Crippen MR) is 203 cm³/mol. The van der Waals surface area contributed by atoms with E-state index < -0.39 is 75.7 Å². The summed E-state index contributed by atoms with van der Waals surface area (Å²) in [4.78, 5) is 35.5. The van der Waals surface area contributed by atoms with Crippen molar-refractivity contribution in [2.75, 3.05) is 13.2 Å². The monoisotopic (exact) mass is 782 g/mol. The minimum atomic E-state index is -5.10. The smallest absolute Gasteiger partial charge is 0.462 e. The molecular weight excluding hydrogens is 707 g/mol. The van der Waals surface area contributed by atoms with Gasteiger partial charge in [0.2, 0.25) is 0 Å². The summed E-state index contributed by atoms with van der Waals surface area (Å²) >= 11 is 0. The Morgan fingerprint density at radius 3 is 1.25 bits per heavy atom. The Kier molecular flexibility index (Phi) is 29.2. The minimum Gasteiger partial charge on any atom is -0.462 e. The van der Waals surface area contributed by atoms with Gasteiger partial charge in [0, 0.05) is 12.8 Å². The van der Waals surface area contributed by atoms with Gasteiger partial charge in [0.25, 0.3) is 0 Å². The molecule has 1 aliphatic carbocycles. The van der Waals surface area contributed by atoms with Crippen LogP contribution in [0, 0.1) is 0 Å². The second-order valence-corrected chi connectivity index (χ2v) is 16.3. The zero-order chi connectivity index (χ0) is 39.3. The van der Waals surface area contributed by atoms with Crippen molar-refractivity contribution in [1.29, 1.82) is 0 Å². The van der Waals surface area contributed by atoms with Crippen molar-refractivity contribution in [1.82, 2.24) is 0 Å². The van der Waals surface area contributed by atoms with Crippen LogP contribution < -0.4 is 0 Å². The minimum absolute atomic E-state index is 0.104. The Morgan fingerprint density at radius 1 is 0.509 bits per heavy atom. The standard InChI is InChI=1S/C39H75O13P/c1-3-5-7-9-11-13-15-16-18-20-22-24-26-28-33(41)51-31(29-49-32(40)27-25-23-21-19-17-14-12-10-8-6-4-2)30-50-53(47,48)52-39-37(45)35(43)34(42)36(44)38(39)46/h31,34-39,42-46H,3-30H2,1-2H3,(H,47,48)/t31-,34?,35-,36?,37?,38?,39?/m1/s1. The highest BCUT2D eigenvalue weighted by atomic mass is 31.2. The highest BCUT2D eigenvalue weighted by Crippen LogP contribution is 2.47. The maximum absolute atomic E-state index is 12.7. The fourth-order valence-corrected chi connectivity index (χ4v) is 7.50. The molecule has 1 fully saturated rings. The second-order valence-electron chi connectivity index (χ2n) is 14.9. The van der Waals surface area contributed by atoms with Crippen molar-refractivity contribution < 1.29 is 63.1 Å². The van der Waals surface area contributed by atoms with E-state index in [1.54, 1.807) is 0 Å². The zero-order valence-electron chi connectivity index (χ0n) is 32.8. The molecule has 0 bridgehead atoms. The van der Waals surface area contributed by atoms with Crippen molar-refractivity contribution in [2.24, 2.45) is 0 Å². The SMILES string of the molecule is CCCCCCCCCCCCCCCC(=O)O[C@H](COC(=O)CCCCCCCCCCCCC)COP(=O)(O)OC1C(O)C(O)C(O)[C@@H](O)C1O. The number of esters is 2. The summed E-state index contributed by atoms with van der Waals surface area (Å²) in [5.41, 5.74) is 0. The van der Waals surface area contributed by atoms with Crippen molar-refractivity contribution in [3.8, 4) is 0 Å². The van der Waals surface area contributed by atoms with E-state index >= 15 is 0 Å². The van der Waals surface area contributed by atoms with Gasteiger partial charge in [-0.15, -0.1) is 0 Å². The number of hydrogen-bond acceptors (Lipinski definition) is 12. The van der Waals surface area contributed by atoms with E-state index in [1.165, 1.54) is 103 Å². The van der Waals surface area contributed by atoms with Gasteiger partial charge in [0.05, 0.1) is 6.61 Å². The van der Waals surface area contributed by atoms with Gasteiger partial charge in [-0.05, 0) is 12.8 Å². The average molecular weight is 783 g/mol. The first kappa shape index (κ1) is 49.9. The molecular formula is C39H75O13P. The quantitative estimate of drug-likeness (QED) is 0.0222. The maximum atomic E-state index is 12.7. The molecule has 1 aliphatic rings. The van der Waals surface area contributed by atoms with Crippen LogP contribution in [0.25, 0.3) is 0 Å². The molecule has 1 rings (SSSR count). The van der Waals surface area contributed by atoms with E-state index in [4.69, 9.17) is 18.5 Å². The van der Waals surface area contributed by atoms with Crippen molar-refractivity contribution in [3.05, 3.63) is 0 Å². The second kappa shape index (κ2) is 31.0.